The summed E-state index contributed by atoms with van der Waals surface area (Å²) in [5.74, 6) is 0. The van der Waals surface area contributed by atoms with Crippen molar-refractivity contribution in [1.29, 1.82) is 5.26 Å². The third-order valence-corrected chi connectivity index (χ3v) is 3.08. The number of aromatic nitrogens is 1. The monoisotopic (exact) mass is 272 g/mol. The number of pyridine rings is 1. The zero-order valence-electron chi connectivity index (χ0n) is 8.07. The number of benzene rings is 1. The van der Waals surface area contributed by atoms with Crippen molar-refractivity contribution in [2.75, 3.05) is 0 Å². The van der Waals surface area contributed by atoms with Gasteiger partial charge in [-0.15, -0.1) is 0 Å². The van der Waals surface area contributed by atoms with E-state index in [9.17, 15) is 0 Å². The van der Waals surface area contributed by atoms with Crippen LogP contribution in [0.4, 0.5) is 0 Å². The Morgan fingerprint density at radius 1 is 1.31 bits per heavy atom. The first-order chi connectivity index (χ1) is 7.81. The summed E-state index contributed by atoms with van der Waals surface area (Å²) in [5.41, 5.74) is 1.90. The van der Waals surface area contributed by atoms with E-state index in [1.165, 1.54) is 0 Å². The van der Waals surface area contributed by atoms with Gasteiger partial charge in [-0.25, -0.2) is 4.98 Å². The van der Waals surface area contributed by atoms with E-state index in [0.29, 0.717) is 11.1 Å². The molecular formula is C12H5BrN2O. The molecular weight excluding hydrogens is 268 g/mol. The highest BCUT2D eigenvalue weighted by atomic mass is 79.9. The van der Waals surface area contributed by atoms with E-state index < -0.39 is 0 Å². The Balaban J connectivity index is 2.63. The first-order valence-corrected chi connectivity index (χ1v) is 5.46. The van der Waals surface area contributed by atoms with Crippen LogP contribution in [0.3, 0.4) is 0 Å². The van der Waals surface area contributed by atoms with Crippen LogP contribution in [0.25, 0.3) is 21.9 Å². The summed E-state index contributed by atoms with van der Waals surface area (Å²) in [6.45, 7) is 0. The Bertz CT molecular complexity index is 740. The fourth-order valence-electron chi connectivity index (χ4n) is 1.79. The molecule has 3 rings (SSSR count). The van der Waals surface area contributed by atoms with Gasteiger partial charge in [-0.3, -0.25) is 0 Å². The fourth-order valence-corrected chi connectivity index (χ4v) is 2.32. The molecule has 0 radical (unpaired) electrons. The molecule has 0 bridgehead atoms. The Kier molecular flexibility index (Phi) is 1.95. The number of fused-ring (bicyclic) bond motifs is 3. The maximum Gasteiger partial charge on any atom is 0.153 e. The largest absolute Gasteiger partial charge is 0.455 e. The lowest BCUT2D eigenvalue weighted by Gasteiger charge is -1.91. The average Bonchev–Trinajstić information content (AvgIpc) is 2.68. The van der Waals surface area contributed by atoms with E-state index in [4.69, 9.17) is 9.68 Å². The number of nitriles is 1. The van der Waals surface area contributed by atoms with Crippen LogP contribution in [0.2, 0.25) is 0 Å². The van der Waals surface area contributed by atoms with Crippen LogP contribution >= 0.6 is 15.9 Å². The summed E-state index contributed by atoms with van der Waals surface area (Å²) in [6, 6.07) is 9.42. The maximum atomic E-state index is 8.99. The van der Waals surface area contributed by atoms with Crippen molar-refractivity contribution in [3.63, 3.8) is 0 Å². The zero-order valence-corrected chi connectivity index (χ0v) is 9.65. The molecule has 76 valence electrons. The van der Waals surface area contributed by atoms with Crippen LogP contribution in [-0.4, -0.2) is 4.98 Å². The second-order valence-corrected chi connectivity index (χ2v) is 4.12. The lowest BCUT2D eigenvalue weighted by Crippen LogP contribution is -1.75. The van der Waals surface area contributed by atoms with Crippen molar-refractivity contribution in [3.05, 3.63) is 40.6 Å². The summed E-state index contributed by atoms with van der Waals surface area (Å²) in [4.78, 5) is 4.16. The van der Waals surface area contributed by atoms with Crippen molar-refractivity contribution in [1.82, 2.24) is 4.98 Å². The van der Waals surface area contributed by atoms with E-state index >= 15 is 0 Å². The predicted octanol–water partition coefficient (Wildman–Crippen LogP) is 3.62. The lowest BCUT2D eigenvalue weighted by atomic mass is 10.1. The summed E-state index contributed by atoms with van der Waals surface area (Å²) >= 11 is 3.39. The second kappa shape index (κ2) is 3.32. The second-order valence-electron chi connectivity index (χ2n) is 3.37. The number of nitrogens with zero attached hydrogens (tertiary/aromatic N) is 2. The molecule has 16 heavy (non-hydrogen) atoms. The Morgan fingerprint density at radius 3 is 3.00 bits per heavy atom. The molecule has 0 atom stereocenters. The van der Waals surface area contributed by atoms with E-state index in [2.05, 4.69) is 27.0 Å². The zero-order chi connectivity index (χ0) is 11.1. The van der Waals surface area contributed by atoms with Crippen LogP contribution in [0, 0.1) is 11.3 Å². The summed E-state index contributed by atoms with van der Waals surface area (Å²) < 4.78 is 6.40. The SMILES string of the molecule is N#Cc1cccc2c1oc1ccnc(Br)c12. The summed E-state index contributed by atoms with van der Waals surface area (Å²) in [6.07, 6.45) is 1.67. The molecule has 2 aromatic heterocycles. The molecule has 0 spiro atoms. The minimum atomic E-state index is 0.542. The van der Waals surface area contributed by atoms with Gasteiger partial charge in [0.1, 0.15) is 16.3 Å². The normalized spacial score (nSPS) is 10.8. The standard InChI is InChI=1S/C12H5BrN2O/c13-12-10-8-3-1-2-7(6-14)11(8)16-9(10)4-5-15-12/h1-5H. The van der Waals surface area contributed by atoms with Crippen molar-refractivity contribution in [2.45, 2.75) is 0 Å². The topological polar surface area (TPSA) is 49.8 Å². The van der Waals surface area contributed by atoms with Gasteiger partial charge in [-0.2, -0.15) is 5.26 Å². The molecule has 3 aromatic rings. The highest BCUT2D eigenvalue weighted by Crippen LogP contribution is 2.33. The third-order valence-electron chi connectivity index (χ3n) is 2.48. The lowest BCUT2D eigenvalue weighted by molar-refractivity contribution is 0.667. The summed E-state index contributed by atoms with van der Waals surface area (Å²) in [5, 5.41) is 10.8. The highest BCUT2D eigenvalue weighted by molar-refractivity contribution is 9.10. The Hall–Kier alpha value is -1.86. The van der Waals surface area contributed by atoms with Crippen molar-refractivity contribution in [2.24, 2.45) is 0 Å². The molecule has 2 heterocycles. The molecule has 4 heteroatoms. The quantitative estimate of drug-likeness (QED) is 0.588. The number of rotatable bonds is 0. The van der Waals surface area contributed by atoms with Gasteiger partial charge in [0, 0.05) is 11.6 Å². The molecule has 0 fully saturated rings. The molecule has 1 aromatic carbocycles. The number of furan rings is 1. The van der Waals surface area contributed by atoms with Crippen LogP contribution in [-0.2, 0) is 0 Å². The smallest absolute Gasteiger partial charge is 0.153 e. The minimum absolute atomic E-state index is 0.542. The molecule has 0 N–H and O–H groups in total. The van der Waals surface area contributed by atoms with Crippen molar-refractivity contribution in [3.8, 4) is 6.07 Å². The molecule has 0 unspecified atom stereocenters. The van der Waals surface area contributed by atoms with Gasteiger partial charge in [0.05, 0.1) is 10.9 Å². The van der Waals surface area contributed by atoms with E-state index in [1.54, 1.807) is 18.3 Å². The van der Waals surface area contributed by atoms with E-state index in [-0.39, 0.29) is 0 Å². The van der Waals surface area contributed by atoms with Crippen molar-refractivity contribution < 1.29 is 4.42 Å². The molecule has 0 saturated heterocycles. The third kappa shape index (κ3) is 1.15. The first-order valence-electron chi connectivity index (χ1n) is 4.67. The fraction of sp³-hybridized carbons (Fsp3) is 0. The number of para-hydroxylation sites is 1. The Labute approximate surface area is 99.4 Å². The first kappa shape index (κ1) is 9.37. The maximum absolute atomic E-state index is 8.99. The van der Waals surface area contributed by atoms with Gasteiger partial charge in [-0.05, 0) is 28.1 Å². The molecule has 0 aliphatic carbocycles. The van der Waals surface area contributed by atoms with Crippen molar-refractivity contribution >= 4 is 37.9 Å². The van der Waals surface area contributed by atoms with Crippen LogP contribution in [0.15, 0.2) is 39.5 Å². The number of halogens is 1. The number of hydrogen-bond acceptors (Lipinski definition) is 3. The highest BCUT2D eigenvalue weighted by Gasteiger charge is 2.12. The van der Waals surface area contributed by atoms with E-state index in [1.807, 2.05) is 12.1 Å². The van der Waals surface area contributed by atoms with Gasteiger partial charge in [0.2, 0.25) is 0 Å². The summed E-state index contributed by atoms with van der Waals surface area (Å²) in [7, 11) is 0. The minimum Gasteiger partial charge on any atom is -0.455 e. The average molecular weight is 273 g/mol. The van der Waals surface area contributed by atoms with Gasteiger partial charge >= 0.3 is 0 Å². The molecule has 0 aliphatic heterocycles. The Morgan fingerprint density at radius 2 is 2.19 bits per heavy atom. The van der Waals surface area contributed by atoms with Crippen LogP contribution in [0.5, 0.6) is 0 Å². The molecule has 0 amide bonds. The molecule has 3 nitrogen and oxygen atoms in total. The van der Waals surface area contributed by atoms with Crippen LogP contribution < -0.4 is 0 Å². The van der Waals surface area contributed by atoms with Gasteiger partial charge < -0.3 is 4.42 Å². The number of hydrogen-bond donors (Lipinski definition) is 0. The molecule has 0 saturated carbocycles. The van der Waals surface area contributed by atoms with Gasteiger partial charge in [-0.1, -0.05) is 12.1 Å². The van der Waals surface area contributed by atoms with E-state index in [0.717, 1.165) is 21.0 Å². The molecule has 0 aliphatic rings. The van der Waals surface area contributed by atoms with Gasteiger partial charge in [0.15, 0.2) is 5.58 Å². The van der Waals surface area contributed by atoms with Crippen LogP contribution in [0.1, 0.15) is 5.56 Å². The predicted molar refractivity (Wildman–Crippen MR) is 63.9 cm³/mol. The van der Waals surface area contributed by atoms with Gasteiger partial charge in [0.25, 0.3) is 0 Å².